The Morgan fingerprint density at radius 3 is 2.20 bits per heavy atom. The Balaban J connectivity index is 2.20. The Labute approximate surface area is 117 Å². The van der Waals surface area contributed by atoms with Crippen molar-refractivity contribution in [2.75, 3.05) is 10.6 Å². The van der Waals surface area contributed by atoms with Crippen LogP contribution in [0.1, 0.15) is 22.8 Å². The van der Waals surface area contributed by atoms with Crippen LogP contribution in [0.15, 0.2) is 48.5 Å². The van der Waals surface area contributed by atoms with E-state index in [-0.39, 0.29) is 11.8 Å². The van der Waals surface area contributed by atoms with Crippen LogP contribution in [0.2, 0.25) is 0 Å². The Morgan fingerprint density at radius 1 is 0.900 bits per heavy atom. The van der Waals surface area contributed by atoms with E-state index in [4.69, 9.17) is 0 Å². The standard InChI is InChI=1S/C16H16N2O2/c1-11-7-9-13(10-8-11)18-16(20)14-5-3-4-6-15(14)17-12(2)19/h3-10H,1-2H3,(H,17,19)(H,18,20). The molecule has 2 rings (SSSR count). The zero-order valence-electron chi connectivity index (χ0n) is 11.4. The molecule has 4 heteroatoms. The normalized spacial score (nSPS) is 9.90. The highest BCUT2D eigenvalue weighted by atomic mass is 16.2. The molecule has 2 aromatic rings. The first-order valence-corrected chi connectivity index (χ1v) is 6.31. The van der Waals surface area contributed by atoms with Crippen LogP contribution in [0.4, 0.5) is 11.4 Å². The molecule has 0 unspecified atom stereocenters. The quantitative estimate of drug-likeness (QED) is 0.898. The van der Waals surface area contributed by atoms with Crippen LogP contribution in [0, 0.1) is 6.92 Å². The lowest BCUT2D eigenvalue weighted by Gasteiger charge is -2.10. The zero-order chi connectivity index (χ0) is 14.5. The molecule has 0 saturated heterocycles. The fourth-order valence-electron chi connectivity index (χ4n) is 1.82. The molecule has 102 valence electrons. The second-order valence-corrected chi connectivity index (χ2v) is 4.55. The maximum absolute atomic E-state index is 12.2. The van der Waals surface area contributed by atoms with Crippen molar-refractivity contribution in [3.8, 4) is 0 Å². The molecule has 0 aliphatic rings. The molecule has 0 fully saturated rings. The minimum atomic E-state index is -0.252. The topological polar surface area (TPSA) is 58.2 Å². The van der Waals surface area contributed by atoms with Crippen molar-refractivity contribution in [1.82, 2.24) is 0 Å². The van der Waals surface area contributed by atoms with Crippen LogP contribution >= 0.6 is 0 Å². The van der Waals surface area contributed by atoms with Gasteiger partial charge in [-0.2, -0.15) is 0 Å². The third-order valence-electron chi connectivity index (χ3n) is 2.79. The number of benzene rings is 2. The molecule has 4 nitrogen and oxygen atoms in total. The summed E-state index contributed by atoms with van der Waals surface area (Å²) in [7, 11) is 0. The van der Waals surface area contributed by atoms with Crippen LogP contribution in [-0.4, -0.2) is 11.8 Å². The third kappa shape index (κ3) is 3.45. The second kappa shape index (κ2) is 6.02. The minimum Gasteiger partial charge on any atom is -0.326 e. The Hall–Kier alpha value is -2.62. The summed E-state index contributed by atoms with van der Waals surface area (Å²) in [6.07, 6.45) is 0. The van der Waals surface area contributed by atoms with Crippen molar-refractivity contribution in [1.29, 1.82) is 0 Å². The molecule has 20 heavy (non-hydrogen) atoms. The number of amides is 2. The summed E-state index contributed by atoms with van der Waals surface area (Å²) in [5.74, 6) is -0.459. The fraction of sp³-hybridized carbons (Fsp3) is 0.125. The second-order valence-electron chi connectivity index (χ2n) is 4.55. The molecular formula is C16H16N2O2. The first kappa shape index (κ1) is 13.8. The molecule has 0 aliphatic heterocycles. The number of nitrogens with one attached hydrogen (secondary N) is 2. The fourth-order valence-corrected chi connectivity index (χ4v) is 1.82. The summed E-state index contributed by atoms with van der Waals surface area (Å²) in [5, 5.41) is 5.46. The van der Waals surface area contributed by atoms with E-state index in [0.717, 1.165) is 11.3 Å². The van der Waals surface area contributed by atoms with Gasteiger partial charge in [-0.25, -0.2) is 0 Å². The van der Waals surface area contributed by atoms with E-state index in [1.54, 1.807) is 24.3 Å². The van der Waals surface area contributed by atoms with Gasteiger partial charge in [-0.3, -0.25) is 9.59 Å². The molecule has 0 aromatic heterocycles. The molecule has 0 bridgehead atoms. The Kier molecular flexibility index (Phi) is 4.15. The van der Waals surface area contributed by atoms with Crippen LogP contribution in [0.25, 0.3) is 0 Å². The van der Waals surface area contributed by atoms with Gasteiger partial charge in [0, 0.05) is 12.6 Å². The van der Waals surface area contributed by atoms with E-state index >= 15 is 0 Å². The highest BCUT2D eigenvalue weighted by Gasteiger charge is 2.11. The van der Waals surface area contributed by atoms with Crippen molar-refractivity contribution in [3.05, 3.63) is 59.7 Å². The molecule has 0 radical (unpaired) electrons. The summed E-state index contributed by atoms with van der Waals surface area (Å²) in [6.45, 7) is 3.40. The SMILES string of the molecule is CC(=O)Nc1ccccc1C(=O)Nc1ccc(C)cc1. The predicted molar refractivity (Wildman–Crippen MR) is 79.9 cm³/mol. The van der Waals surface area contributed by atoms with E-state index in [9.17, 15) is 9.59 Å². The van der Waals surface area contributed by atoms with Gasteiger partial charge >= 0.3 is 0 Å². The lowest BCUT2D eigenvalue weighted by atomic mass is 10.1. The van der Waals surface area contributed by atoms with Crippen LogP contribution < -0.4 is 10.6 Å². The number of anilines is 2. The van der Waals surface area contributed by atoms with Crippen LogP contribution in [0.3, 0.4) is 0 Å². The summed E-state index contributed by atoms with van der Waals surface area (Å²) >= 11 is 0. The summed E-state index contributed by atoms with van der Waals surface area (Å²) < 4.78 is 0. The van der Waals surface area contributed by atoms with Crippen molar-refractivity contribution >= 4 is 23.2 Å². The molecule has 0 atom stereocenters. The van der Waals surface area contributed by atoms with Gasteiger partial charge in [-0.1, -0.05) is 29.8 Å². The van der Waals surface area contributed by atoms with Gasteiger partial charge in [-0.05, 0) is 31.2 Å². The van der Waals surface area contributed by atoms with Gasteiger partial charge in [0.25, 0.3) is 5.91 Å². The van der Waals surface area contributed by atoms with Gasteiger partial charge in [0.15, 0.2) is 0 Å². The van der Waals surface area contributed by atoms with E-state index < -0.39 is 0 Å². The Morgan fingerprint density at radius 2 is 1.55 bits per heavy atom. The highest BCUT2D eigenvalue weighted by Crippen LogP contribution is 2.17. The van der Waals surface area contributed by atoms with Crippen LogP contribution in [-0.2, 0) is 4.79 Å². The summed E-state index contributed by atoms with van der Waals surface area (Å²) in [5.41, 5.74) is 2.78. The van der Waals surface area contributed by atoms with Crippen molar-refractivity contribution in [2.24, 2.45) is 0 Å². The monoisotopic (exact) mass is 268 g/mol. The number of aryl methyl sites for hydroxylation is 1. The molecule has 0 saturated carbocycles. The third-order valence-corrected chi connectivity index (χ3v) is 2.79. The molecule has 2 N–H and O–H groups in total. The average Bonchev–Trinajstić information content (AvgIpc) is 2.41. The molecule has 0 aliphatic carbocycles. The summed E-state index contributed by atoms with van der Waals surface area (Å²) in [6, 6.07) is 14.4. The van der Waals surface area contributed by atoms with Crippen LogP contribution in [0.5, 0.6) is 0 Å². The van der Waals surface area contributed by atoms with Crippen molar-refractivity contribution in [3.63, 3.8) is 0 Å². The number of carbonyl (C=O) groups excluding carboxylic acids is 2. The maximum Gasteiger partial charge on any atom is 0.257 e. The van der Waals surface area contributed by atoms with Gasteiger partial charge in [0.2, 0.25) is 5.91 Å². The number of rotatable bonds is 3. The first-order chi connectivity index (χ1) is 9.56. The van der Waals surface area contributed by atoms with E-state index in [0.29, 0.717) is 11.3 Å². The average molecular weight is 268 g/mol. The lowest BCUT2D eigenvalue weighted by molar-refractivity contribution is -0.114. The largest absolute Gasteiger partial charge is 0.326 e. The number of para-hydroxylation sites is 1. The zero-order valence-corrected chi connectivity index (χ0v) is 11.4. The molecule has 2 aromatic carbocycles. The van der Waals surface area contributed by atoms with Gasteiger partial charge in [0.05, 0.1) is 11.3 Å². The maximum atomic E-state index is 12.2. The van der Waals surface area contributed by atoms with Gasteiger partial charge < -0.3 is 10.6 Å². The first-order valence-electron chi connectivity index (χ1n) is 6.31. The Bertz CT molecular complexity index is 633. The highest BCUT2D eigenvalue weighted by molar-refractivity contribution is 6.09. The predicted octanol–water partition coefficient (Wildman–Crippen LogP) is 3.21. The number of carbonyl (C=O) groups is 2. The van der Waals surface area contributed by atoms with E-state index in [1.807, 2.05) is 31.2 Å². The van der Waals surface area contributed by atoms with Gasteiger partial charge in [-0.15, -0.1) is 0 Å². The smallest absolute Gasteiger partial charge is 0.257 e. The van der Waals surface area contributed by atoms with Gasteiger partial charge in [0.1, 0.15) is 0 Å². The molecular weight excluding hydrogens is 252 g/mol. The van der Waals surface area contributed by atoms with Crippen molar-refractivity contribution in [2.45, 2.75) is 13.8 Å². The van der Waals surface area contributed by atoms with Crippen molar-refractivity contribution < 1.29 is 9.59 Å². The lowest BCUT2D eigenvalue weighted by Crippen LogP contribution is -2.16. The number of hydrogen-bond donors (Lipinski definition) is 2. The number of hydrogen-bond acceptors (Lipinski definition) is 2. The molecule has 0 spiro atoms. The minimum absolute atomic E-state index is 0.208. The summed E-state index contributed by atoms with van der Waals surface area (Å²) in [4.78, 5) is 23.4. The van der Waals surface area contributed by atoms with E-state index in [1.165, 1.54) is 6.92 Å². The molecule has 0 heterocycles. The molecule has 2 amide bonds. The van der Waals surface area contributed by atoms with E-state index in [2.05, 4.69) is 10.6 Å².